The number of Topliss-reactive ketones (excluding diaryl/α,β-unsaturated/α-hetero) is 1. The molecule has 30 heavy (non-hydrogen) atoms. The lowest BCUT2D eigenvalue weighted by Crippen LogP contribution is -2.32. The third kappa shape index (κ3) is 6.01. The number of carbonyl (C=O) groups excluding carboxylic acids is 3. The number of cyclic esters (lactones) is 1. The highest BCUT2D eigenvalue weighted by molar-refractivity contribution is 5.98. The van der Waals surface area contributed by atoms with E-state index in [0.717, 1.165) is 6.08 Å². The van der Waals surface area contributed by atoms with Crippen molar-refractivity contribution in [3.8, 4) is 5.75 Å². The van der Waals surface area contributed by atoms with E-state index in [1.54, 1.807) is 19.9 Å². The quantitative estimate of drug-likeness (QED) is 0.548. The standard InChI is InChI=1S/C22H27NO7/c1-12-7-8-18(26)21(28)17(25)6-4-5-15-9-16(23-11-13(2)24)10-19(27)20(15)22(29)30-14(12)3/h4-5,7-10,12,14,17,21,23,25,27-28H,6,11H2,1-3H3/b5-4-,8-7-/t12-,14+,17+,21+/m1/s1. The van der Waals surface area contributed by atoms with Crippen molar-refractivity contribution in [2.45, 2.75) is 45.5 Å². The van der Waals surface area contributed by atoms with Crippen molar-refractivity contribution < 1.29 is 34.4 Å². The molecule has 8 nitrogen and oxygen atoms in total. The summed E-state index contributed by atoms with van der Waals surface area (Å²) < 4.78 is 5.45. The Labute approximate surface area is 174 Å². The summed E-state index contributed by atoms with van der Waals surface area (Å²) in [5.74, 6) is -2.19. The number of aliphatic hydroxyl groups is 2. The predicted molar refractivity (Wildman–Crippen MR) is 111 cm³/mol. The zero-order valence-corrected chi connectivity index (χ0v) is 17.2. The molecule has 8 heteroatoms. The van der Waals surface area contributed by atoms with E-state index in [0.29, 0.717) is 11.3 Å². The first-order valence-electron chi connectivity index (χ1n) is 9.66. The second kappa shape index (κ2) is 10.2. The van der Waals surface area contributed by atoms with E-state index in [2.05, 4.69) is 5.32 Å². The van der Waals surface area contributed by atoms with Gasteiger partial charge in [-0.25, -0.2) is 4.79 Å². The molecule has 0 saturated heterocycles. The van der Waals surface area contributed by atoms with E-state index in [-0.39, 0.29) is 36.0 Å². The van der Waals surface area contributed by atoms with E-state index in [4.69, 9.17) is 4.74 Å². The summed E-state index contributed by atoms with van der Waals surface area (Å²) in [4.78, 5) is 36.0. The topological polar surface area (TPSA) is 133 Å². The molecule has 162 valence electrons. The Balaban J connectivity index is 2.48. The van der Waals surface area contributed by atoms with Crippen LogP contribution in [-0.4, -0.2) is 57.7 Å². The number of esters is 1. The lowest BCUT2D eigenvalue weighted by atomic mass is 9.99. The number of nitrogens with one attached hydrogen (secondary N) is 1. The SMILES string of the molecule is CC(=O)CNc1cc(O)c2c(c1)/C=C\C[C@H](O)[C@H](O)C(=O)/C=C\[C@@H](C)[C@H](C)OC2=O. The fourth-order valence-electron chi connectivity index (χ4n) is 2.82. The first-order valence-corrected chi connectivity index (χ1v) is 9.66. The van der Waals surface area contributed by atoms with Crippen LogP contribution in [0.1, 0.15) is 43.1 Å². The zero-order chi connectivity index (χ0) is 22.4. The minimum absolute atomic E-state index is 0.0420. The molecule has 0 amide bonds. The van der Waals surface area contributed by atoms with Crippen molar-refractivity contribution in [2.75, 3.05) is 11.9 Å². The Morgan fingerprint density at radius 1 is 1.20 bits per heavy atom. The molecular weight excluding hydrogens is 390 g/mol. The second-order valence-corrected chi connectivity index (χ2v) is 7.40. The molecule has 0 unspecified atom stereocenters. The maximum absolute atomic E-state index is 12.7. The normalized spacial score (nSPS) is 27.4. The second-order valence-electron chi connectivity index (χ2n) is 7.40. The number of phenolic OH excluding ortho intramolecular Hbond substituents is 1. The van der Waals surface area contributed by atoms with E-state index in [9.17, 15) is 29.7 Å². The number of ether oxygens (including phenoxy) is 1. The summed E-state index contributed by atoms with van der Waals surface area (Å²) in [6, 6.07) is 2.88. The van der Waals surface area contributed by atoms with Crippen LogP contribution in [0, 0.1) is 5.92 Å². The van der Waals surface area contributed by atoms with Crippen molar-refractivity contribution in [2.24, 2.45) is 5.92 Å². The van der Waals surface area contributed by atoms with E-state index >= 15 is 0 Å². The highest BCUT2D eigenvalue weighted by Gasteiger charge is 2.25. The molecule has 0 saturated carbocycles. The summed E-state index contributed by atoms with van der Waals surface area (Å²) >= 11 is 0. The smallest absolute Gasteiger partial charge is 0.342 e. The van der Waals surface area contributed by atoms with Crippen LogP contribution in [0.3, 0.4) is 0 Å². The molecule has 1 aliphatic rings. The largest absolute Gasteiger partial charge is 0.507 e. The Morgan fingerprint density at radius 2 is 1.90 bits per heavy atom. The maximum Gasteiger partial charge on any atom is 0.342 e. The number of hydrogen-bond donors (Lipinski definition) is 4. The lowest BCUT2D eigenvalue weighted by molar-refractivity contribution is -0.127. The molecule has 1 aromatic rings. The lowest BCUT2D eigenvalue weighted by Gasteiger charge is -2.20. The van der Waals surface area contributed by atoms with Crippen LogP contribution >= 0.6 is 0 Å². The number of rotatable bonds is 3. The molecular formula is C22H27NO7. The summed E-state index contributed by atoms with van der Waals surface area (Å²) in [6.07, 6.45) is 2.00. The van der Waals surface area contributed by atoms with Crippen LogP contribution in [0.4, 0.5) is 5.69 Å². The molecule has 1 aromatic carbocycles. The van der Waals surface area contributed by atoms with Gasteiger partial charge in [0.25, 0.3) is 0 Å². The number of phenols is 1. The van der Waals surface area contributed by atoms with Gasteiger partial charge in [0, 0.05) is 17.7 Å². The summed E-state index contributed by atoms with van der Waals surface area (Å²) in [5.41, 5.74) is 0.650. The van der Waals surface area contributed by atoms with Gasteiger partial charge in [0.05, 0.1) is 12.6 Å². The fourth-order valence-corrected chi connectivity index (χ4v) is 2.82. The van der Waals surface area contributed by atoms with Gasteiger partial charge in [-0.1, -0.05) is 25.2 Å². The van der Waals surface area contributed by atoms with Gasteiger partial charge in [0.15, 0.2) is 5.78 Å². The molecule has 0 bridgehead atoms. The number of aliphatic hydroxyl groups excluding tert-OH is 2. The highest BCUT2D eigenvalue weighted by atomic mass is 16.5. The summed E-state index contributed by atoms with van der Waals surface area (Å²) in [6.45, 7) is 4.82. The van der Waals surface area contributed by atoms with Crippen molar-refractivity contribution in [1.82, 2.24) is 0 Å². The number of benzene rings is 1. The molecule has 0 spiro atoms. The van der Waals surface area contributed by atoms with Crippen molar-refractivity contribution in [3.63, 3.8) is 0 Å². The van der Waals surface area contributed by atoms with Gasteiger partial charge >= 0.3 is 5.97 Å². The zero-order valence-electron chi connectivity index (χ0n) is 17.2. The Morgan fingerprint density at radius 3 is 2.57 bits per heavy atom. The molecule has 0 radical (unpaired) electrons. The monoisotopic (exact) mass is 417 g/mol. The minimum Gasteiger partial charge on any atom is -0.507 e. The third-order valence-electron chi connectivity index (χ3n) is 4.82. The molecule has 0 fully saturated rings. The molecule has 1 aliphatic heterocycles. The molecule has 4 N–H and O–H groups in total. The average Bonchev–Trinajstić information content (AvgIpc) is 2.68. The highest BCUT2D eigenvalue weighted by Crippen LogP contribution is 2.29. The molecule has 2 rings (SSSR count). The number of aromatic hydroxyl groups is 1. The minimum atomic E-state index is -1.59. The van der Waals surface area contributed by atoms with Crippen molar-refractivity contribution in [3.05, 3.63) is 41.5 Å². The number of anilines is 1. The van der Waals surface area contributed by atoms with Gasteiger partial charge in [-0.15, -0.1) is 0 Å². The third-order valence-corrected chi connectivity index (χ3v) is 4.82. The number of fused-ring (bicyclic) bond motifs is 1. The van der Waals surface area contributed by atoms with Crippen LogP contribution in [0.5, 0.6) is 5.75 Å². The first kappa shape index (κ1) is 23.3. The predicted octanol–water partition coefficient (Wildman–Crippen LogP) is 1.84. The average molecular weight is 417 g/mol. The number of hydrogen-bond acceptors (Lipinski definition) is 8. The van der Waals surface area contributed by atoms with Crippen LogP contribution in [0.15, 0.2) is 30.4 Å². The van der Waals surface area contributed by atoms with Gasteiger partial charge in [-0.2, -0.15) is 0 Å². The van der Waals surface area contributed by atoms with Gasteiger partial charge in [-0.3, -0.25) is 9.59 Å². The molecule has 1 heterocycles. The first-order chi connectivity index (χ1) is 14.1. The Kier molecular flexibility index (Phi) is 7.91. The van der Waals surface area contributed by atoms with Crippen LogP contribution in [-0.2, 0) is 14.3 Å². The number of carbonyl (C=O) groups is 3. The number of ketones is 2. The summed E-state index contributed by atoms with van der Waals surface area (Å²) in [7, 11) is 0. The Hall–Kier alpha value is -2.97. The van der Waals surface area contributed by atoms with E-state index in [1.807, 2.05) is 0 Å². The molecule has 4 atom stereocenters. The Bertz CT molecular complexity index is 874. The fraction of sp³-hybridized carbons (Fsp3) is 0.409. The molecule has 0 aliphatic carbocycles. The van der Waals surface area contributed by atoms with Crippen LogP contribution in [0.2, 0.25) is 0 Å². The van der Waals surface area contributed by atoms with Gasteiger partial charge in [0.1, 0.15) is 29.3 Å². The maximum atomic E-state index is 12.7. The molecule has 0 aromatic heterocycles. The summed E-state index contributed by atoms with van der Waals surface area (Å²) in [5, 5.41) is 33.4. The van der Waals surface area contributed by atoms with Gasteiger partial charge < -0.3 is 25.4 Å². The van der Waals surface area contributed by atoms with E-state index in [1.165, 1.54) is 31.2 Å². The van der Waals surface area contributed by atoms with Gasteiger partial charge in [-0.05, 0) is 38.0 Å². The van der Waals surface area contributed by atoms with Crippen molar-refractivity contribution >= 4 is 29.3 Å². The van der Waals surface area contributed by atoms with Crippen LogP contribution < -0.4 is 5.32 Å². The van der Waals surface area contributed by atoms with E-state index < -0.39 is 30.1 Å². The van der Waals surface area contributed by atoms with Crippen LogP contribution in [0.25, 0.3) is 6.08 Å². The van der Waals surface area contributed by atoms with Gasteiger partial charge in [0.2, 0.25) is 0 Å². The van der Waals surface area contributed by atoms with Crippen molar-refractivity contribution in [1.29, 1.82) is 0 Å².